The van der Waals surface area contributed by atoms with Gasteiger partial charge in [0.1, 0.15) is 22.1 Å². The van der Waals surface area contributed by atoms with Crippen molar-refractivity contribution in [1.82, 2.24) is 9.97 Å². The standard InChI is InChI=1S/C14H15BrFN3/c1-3-13-17-12(15)9-14(18-13)19(4-2)11-7-5-6-10(16)8-11/h5-9H,3-4H2,1-2H3. The molecule has 0 atom stereocenters. The highest BCUT2D eigenvalue weighted by molar-refractivity contribution is 9.10. The smallest absolute Gasteiger partial charge is 0.137 e. The minimum atomic E-state index is -0.250. The summed E-state index contributed by atoms with van der Waals surface area (Å²) in [6.45, 7) is 4.71. The highest BCUT2D eigenvalue weighted by Gasteiger charge is 2.11. The van der Waals surface area contributed by atoms with Crippen LogP contribution in [0.2, 0.25) is 0 Å². The third kappa shape index (κ3) is 3.29. The van der Waals surface area contributed by atoms with E-state index in [0.717, 1.165) is 28.4 Å². The number of hydrogen-bond acceptors (Lipinski definition) is 3. The summed E-state index contributed by atoms with van der Waals surface area (Å²) in [5.41, 5.74) is 0.787. The molecule has 0 aliphatic carbocycles. The van der Waals surface area contributed by atoms with Gasteiger partial charge in [-0.2, -0.15) is 0 Å². The number of aromatic nitrogens is 2. The van der Waals surface area contributed by atoms with Gasteiger partial charge in [0, 0.05) is 24.7 Å². The fourth-order valence-corrected chi connectivity index (χ4v) is 2.28. The quantitative estimate of drug-likeness (QED) is 0.793. The summed E-state index contributed by atoms with van der Waals surface area (Å²) in [4.78, 5) is 10.7. The summed E-state index contributed by atoms with van der Waals surface area (Å²) >= 11 is 3.39. The van der Waals surface area contributed by atoms with E-state index < -0.39 is 0 Å². The van der Waals surface area contributed by atoms with Crippen LogP contribution in [0.15, 0.2) is 34.9 Å². The van der Waals surface area contributed by atoms with Gasteiger partial charge in [0.2, 0.25) is 0 Å². The van der Waals surface area contributed by atoms with Crippen molar-refractivity contribution in [2.24, 2.45) is 0 Å². The minimum absolute atomic E-state index is 0.250. The maximum Gasteiger partial charge on any atom is 0.137 e. The van der Waals surface area contributed by atoms with Gasteiger partial charge in [0.05, 0.1) is 0 Å². The number of rotatable bonds is 4. The molecule has 0 fully saturated rings. The Hall–Kier alpha value is -1.49. The molecule has 2 rings (SSSR count). The largest absolute Gasteiger partial charge is 0.326 e. The predicted octanol–water partition coefficient (Wildman–Crippen LogP) is 4.10. The summed E-state index contributed by atoms with van der Waals surface area (Å²) in [7, 11) is 0. The second kappa shape index (κ2) is 6.10. The van der Waals surface area contributed by atoms with E-state index in [9.17, 15) is 4.39 Å². The normalized spacial score (nSPS) is 10.5. The molecule has 100 valence electrons. The van der Waals surface area contributed by atoms with E-state index >= 15 is 0 Å². The van der Waals surface area contributed by atoms with Gasteiger partial charge in [-0.15, -0.1) is 0 Å². The zero-order valence-corrected chi connectivity index (χ0v) is 12.5. The van der Waals surface area contributed by atoms with Crippen molar-refractivity contribution in [1.29, 1.82) is 0 Å². The summed E-state index contributed by atoms with van der Waals surface area (Å²) in [5.74, 6) is 1.28. The first-order valence-corrected chi connectivity index (χ1v) is 7.00. The Kier molecular flexibility index (Phi) is 4.47. The lowest BCUT2D eigenvalue weighted by Crippen LogP contribution is -2.18. The lowest BCUT2D eigenvalue weighted by molar-refractivity contribution is 0.627. The lowest BCUT2D eigenvalue weighted by Gasteiger charge is -2.22. The Labute approximate surface area is 120 Å². The van der Waals surface area contributed by atoms with Crippen LogP contribution in [0.4, 0.5) is 15.9 Å². The van der Waals surface area contributed by atoms with E-state index in [4.69, 9.17) is 0 Å². The molecule has 0 spiro atoms. The Morgan fingerprint density at radius 2 is 2.00 bits per heavy atom. The van der Waals surface area contributed by atoms with Crippen molar-refractivity contribution in [3.8, 4) is 0 Å². The monoisotopic (exact) mass is 323 g/mol. The summed E-state index contributed by atoms with van der Waals surface area (Å²) in [6.07, 6.45) is 0.757. The molecular formula is C14H15BrFN3. The van der Waals surface area contributed by atoms with Gasteiger partial charge >= 0.3 is 0 Å². The molecule has 0 radical (unpaired) electrons. The summed E-state index contributed by atoms with van der Waals surface area (Å²) in [5, 5.41) is 0. The topological polar surface area (TPSA) is 29.0 Å². The van der Waals surface area contributed by atoms with E-state index in [2.05, 4.69) is 25.9 Å². The first-order chi connectivity index (χ1) is 9.13. The maximum absolute atomic E-state index is 13.3. The van der Waals surface area contributed by atoms with Gasteiger partial charge in [-0.3, -0.25) is 0 Å². The van der Waals surface area contributed by atoms with Crippen molar-refractivity contribution < 1.29 is 4.39 Å². The number of halogens is 2. The van der Waals surface area contributed by atoms with Crippen LogP contribution < -0.4 is 4.90 Å². The van der Waals surface area contributed by atoms with Crippen LogP contribution in [0, 0.1) is 5.82 Å². The number of aryl methyl sites for hydroxylation is 1. The molecule has 0 amide bonds. The van der Waals surface area contributed by atoms with Gasteiger partial charge in [-0.25, -0.2) is 14.4 Å². The van der Waals surface area contributed by atoms with Gasteiger partial charge in [0.15, 0.2) is 0 Å². The average molecular weight is 324 g/mol. The van der Waals surface area contributed by atoms with E-state index in [0.29, 0.717) is 6.54 Å². The third-order valence-corrected chi connectivity index (χ3v) is 3.16. The Balaban J connectivity index is 2.44. The van der Waals surface area contributed by atoms with Crippen LogP contribution in [0.25, 0.3) is 0 Å². The zero-order chi connectivity index (χ0) is 13.8. The molecule has 0 aliphatic rings. The molecular weight excluding hydrogens is 309 g/mol. The Bertz CT molecular complexity index is 574. The molecule has 1 aromatic heterocycles. The van der Waals surface area contributed by atoms with E-state index in [-0.39, 0.29) is 5.82 Å². The molecule has 5 heteroatoms. The molecule has 19 heavy (non-hydrogen) atoms. The second-order valence-electron chi connectivity index (χ2n) is 4.04. The summed E-state index contributed by atoms with van der Waals surface area (Å²) in [6, 6.07) is 8.35. The van der Waals surface area contributed by atoms with E-state index in [1.807, 2.05) is 30.9 Å². The second-order valence-corrected chi connectivity index (χ2v) is 4.86. The highest BCUT2D eigenvalue weighted by atomic mass is 79.9. The van der Waals surface area contributed by atoms with Gasteiger partial charge in [-0.1, -0.05) is 13.0 Å². The van der Waals surface area contributed by atoms with Crippen LogP contribution >= 0.6 is 15.9 Å². The predicted molar refractivity (Wildman–Crippen MR) is 78.2 cm³/mol. The first-order valence-electron chi connectivity index (χ1n) is 6.20. The van der Waals surface area contributed by atoms with Crippen LogP contribution in [-0.2, 0) is 6.42 Å². The number of hydrogen-bond donors (Lipinski definition) is 0. The molecule has 0 saturated carbocycles. The lowest BCUT2D eigenvalue weighted by atomic mass is 10.2. The van der Waals surface area contributed by atoms with Gasteiger partial charge in [-0.05, 0) is 41.1 Å². The molecule has 0 N–H and O–H groups in total. The minimum Gasteiger partial charge on any atom is -0.326 e. The number of anilines is 2. The average Bonchev–Trinajstić information content (AvgIpc) is 2.39. The van der Waals surface area contributed by atoms with Crippen LogP contribution in [0.3, 0.4) is 0 Å². The van der Waals surface area contributed by atoms with Gasteiger partial charge in [0.25, 0.3) is 0 Å². The zero-order valence-electron chi connectivity index (χ0n) is 10.9. The molecule has 0 saturated heterocycles. The SMILES string of the molecule is CCc1nc(Br)cc(N(CC)c2cccc(F)c2)n1. The van der Waals surface area contributed by atoms with Crippen molar-refractivity contribution in [3.63, 3.8) is 0 Å². The Morgan fingerprint density at radius 3 is 2.63 bits per heavy atom. The fraction of sp³-hybridized carbons (Fsp3) is 0.286. The Morgan fingerprint density at radius 1 is 1.21 bits per heavy atom. The number of benzene rings is 1. The molecule has 3 nitrogen and oxygen atoms in total. The highest BCUT2D eigenvalue weighted by Crippen LogP contribution is 2.25. The van der Waals surface area contributed by atoms with E-state index in [1.54, 1.807) is 6.07 Å². The van der Waals surface area contributed by atoms with Crippen molar-refractivity contribution in [2.75, 3.05) is 11.4 Å². The molecule has 0 unspecified atom stereocenters. The third-order valence-electron chi connectivity index (χ3n) is 2.76. The van der Waals surface area contributed by atoms with Crippen LogP contribution in [0.1, 0.15) is 19.7 Å². The van der Waals surface area contributed by atoms with Crippen molar-refractivity contribution >= 4 is 27.4 Å². The van der Waals surface area contributed by atoms with Crippen molar-refractivity contribution in [2.45, 2.75) is 20.3 Å². The molecule has 1 aromatic carbocycles. The number of nitrogens with zero attached hydrogens (tertiary/aromatic N) is 3. The van der Waals surface area contributed by atoms with Gasteiger partial charge < -0.3 is 4.90 Å². The maximum atomic E-state index is 13.3. The fourth-order valence-electron chi connectivity index (χ4n) is 1.87. The van der Waals surface area contributed by atoms with Crippen LogP contribution in [0.5, 0.6) is 0 Å². The molecule has 0 aliphatic heterocycles. The van der Waals surface area contributed by atoms with Crippen molar-refractivity contribution in [3.05, 3.63) is 46.6 Å². The molecule has 2 aromatic rings. The van der Waals surface area contributed by atoms with E-state index in [1.165, 1.54) is 12.1 Å². The molecule has 1 heterocycles. The van der Waals surface area contributed by atoms with Crippen LogP contribution in [-0.4, -0.2) is 16.5 Å². The first kappa shape index (κ1) is 13.9. The summed E-state index contributed by atoms with van der Waals surface area (Å²) < 4.78 is 14.1. The molecule has 0 bridgehead atoms.